The van der Waals surface area contributed by atoms with E-state index < -0.39 is 12.6 Å². The number of hydrogen-bond acceptors (Lipinski definition) is 3. The molecule has 2 amide bonds. The van der Waals surface area contributed by atoms with E-state index in [-0.39, 0.29) is 17.9 Å². The molecule has 1 aliphatic heterocycles. The van der Waals surface area contributed by atoms with Gasteiger partial charge in [0.2, 0.25) is 5.91 Å². The maximum atomic E-state index is 12.8. The van der Waals surface area contributed by atoms with Crippen molar-refractivity contribution in [3.63, 3.8) is 0 Å². The average molecular weight is 343 g/mol. The van der Waals surface area contributed by atoms with Gasteiger partial charge in [0, 0.05) is 36.3 Å². The SMILES string of the molecule is CC(CF)C(=O)N1CCCC1CNC(=O)c1ccc2cccnc2c1. The highest BCUT2D eigenvalue weighted by Gasteiger charge is 2.31. The van der Waals surface area contributed by atoms with Crippen molar-refractivity contribution in [1.29, 1.82) is 0 Å². The second kappa shape index (κ2) is 7.59. The highest BCUT2D eigenvalue weighted by molar-refractivity contribution is 5.97. The lowest BCUT2D eigenvalue weighted by Gasteiger charge is -2.27. The molecule has 3 rings (SSSR count). The van der Waals surface area contributed by atoms with Gasteiger partial charge in [-0.25, -0.2) is 0 Å². The number of pyridine rings is 1. The molecule has 1 aromatic heterocycles. The highest BCUT2D eigenvalue weighted by atomic mass is 19.1. The van der Waals surface area contributed by atoms with Gasteiger partial charge < -0.3 is 10.2 Å². The predicted molar refractivity (Wildman–Crippen MR) is 94.0 cm³/mol. The van der Waals surface area contributed by atoms with Crippen molar-refractivity contribution in [3.05, 3.63) is 42.1 Å². The van der Waals surface area contributed by atoms with Crippen molar-refractivity contribution < 1.29 is 14.0 Å². The molecule has 2 atom stereocenters. The Balaban J connectivity index is 1.63. The third-order valence-corrected chi connectivity index (χ3v) is 4.68. The van der Waals surface area contributed by atoms with Crippen LogP contribution in [0.4, 0.5) is 4.39 Å². The summed E-state index contributed by atoms with van der Waals surface area (Å²) in [5.41, 5.74) is 1.31. The van der Waals surface area contributed by atoms with Crippen LogP contribution in [0.1, 0.15) is 30.1 Å². The Hall–Kier alpha value is -2.50. The van der Waals surface area contributed by atoms with E-state index in [2.05, 4.69) is 10.3 Å². The largest absolute Gasteiger partial charge is 0.350 e. The van der Waals surface area contributed by atoms with Gasteiger partial charge in [-0.2, -0.15) is 0 Å². The van der Waals surface area contributed by atoms with E-state index >= 15 is 0 Å². The fourth-order valence-corrected chi connectivity index (χ4v) is 3.21. The van der Waals surface area contributed by atoms with Crippen LogP contribution in [0.5, 0.6) is 0 Å². The van der Waals surface area contributed by atoms with Gasteiger partial charge in [-0.3, -0.25) is 19.0 Å². The van der Waals surface area contributed by atoms with Crippen molar-refractivity contribution in [2.45, 2.75) is 25.8 Å². The zero-order valence-electron chi connectivity index (χ0n) is 14.2. The van der Waals surface area contributed by atoms with Gasteiger partial charge in [0.15, 0.2) is 0 Å². The standard InChI is InChI=1S/C19H22FN3O2/c1-13(11-20)19(25)23-9-3-5-16(23)12-22-18(24)15-7-6-14-4-2-8-21-17(14)10-15/h2,4,6-8,10,13,16H,3,5,9,11-12H2,1H3,(H,22,24). The molecule has 1 saturated heterocycles. The van der Waals surface area contributed by atoms with E-state index in [1.807, 2.05) is 18.2 Å². The van der Waals surface area contributed by atoms with Crippen LogP contribution >= 0.6 is 0 Å². The molecular formula is C19H22FN3O2. The smallest absolute Gasteiger partial charge is 0.251 e. The number of hydrogen-bond donors (Lipinski definition) is 1. The fraction of sp³-hybridized carbons (Fsp3) is 0.421. The molecule has 6 heteroatoms. The van der Waals surface area contributed by atoms with E-state index in [0.29, 0.717) is 18.7 Å². The number of halogens is 1. The van der Waals surface area contributed by atoms with E-state index in [4.69, 9.17) is 0 Å². The van der Waals surface area contributed by atoms with Crippen molar-refractivity contribution in [3.8, 4) is 0 Å². The first-order chi connectivity index (χ1) is 12.1. The summed E-state index contributed by atoms with van der Waals surface area (Å²) >= 11 is 0. The number of fused-ring (bicyclic) bond motifs is 1. The van der Waals surface area contributed by atoms with Crippen LogP contribution in [0.3, 0.4) is 0 Å². The van der Waals surface area contributed by atoms with Gasteiger partial charge in [0.25, 0.3) is 5.91 Å². The number of carbonyl (C=O) groups excluding carboxylic acids is 2. The Morgan fingerprint density at radius 2 is 2.24 bits per heavy atom. The molecule has 1 aromatic carbocycles. The third kappa shape index (κ3) is 3.78. The van der Waals surface area contributed by atoms with Crippen LogP contribution in [-0.4, -0.2) is 47.5 Å². The first-order valence-corrected chi connectivity index (χ1v) is 8.59. The minimum Gasteiger partial charge on any atom is -0.350 e. The van der Waals surface area contributed by atoms with Gasteiger partial charge in [-0.15, -0.1) is 0 Å². The molecule has 0 aliphatic carbocycles. The first-order valence-electron chi connectivity index (χ1n) is 8.59. The third-order valence-electron chi connectivity index (χ3n) is 4.68. The molecule has 1 aliphatic rings. The Bertz CT molecular complexity index is 780. The summed E-state index contributed by atoms with van der Waals surface area (Å²) in [6, 6.07) is 9.12. The number of nitrogens with zero attached hydrogens (tertiary/aromatic N) is 2. The highest BCUT2D eigenvalue weighted by Crippen LogP contribution is 2.20. The molecule has 132 valence electrons. The van der Waals surface area contributed by atoms with E-state index in [1.165, 1.54) is 0 Å². The number of carbonyl (C=O) groups is 2. The van der Waals surface area contributed by atoms with Gasteiger partial charge in [0.1, 0.15) is 6.67 Å². The summed E-state index contributed by atoms with van der Waals surface area (Å²) in [6.07, 6.45) is 3.40. The van der Waals surface area contributed by atoms with E-state index in [9.17, 15) is 14.0 Å². The first kappa shape index (κ1) is 17.3. The summed E-state index contributed by atoms with van der Waals surface area (Å²) in [6.45, 7) is 1.95. The normalized spacial score (nSPS) is 18.3. The Kier molecular flexibility index (Phi) is 5.26. The van der Waals surface area contributed by atoms with E-state index in [1.54, 1.807) is 30.2 Å². The van der Waals surface area contributed by atoms with Crippen LogP contribution in [-0.2, 0) is 4.79 Å². The monoisotopic (exact) mass is 343 g/mol. The van der Waals surface area contributed by atoms with Gasteiger partial charge in [0.05, 0.1) is 11.4 Å². The molecule has 2 unspecified atom stereocenters. The molecule has 0 radical (unpaired) electrons. The van der Waals surface area contributed by atoms with Gasteiger partial charge in [-0.05, 0) is 31.0 Å². The number of aromatic nitrogens is 1. The average Bonchev–Trinajstić information content (AvgIpc) is 3.12. The van der Waals surface area contributed by atoms with Gasteiger partial charge in [-0.1, -0.05) is 19.1 Å². The zero-order valence-corrected chi connectivity index (χ0v) is 14.2. The lowest BCUT2D eigenvalue weighted by atomic mass is 10.1. The molecular weight excluding hydrogens is 321 g/mol. The van der Waals surface area contributed by atoms with E-state index in [0.717, 1.165) is 23.7 Å². The van der Waals surface area contributed by atoms with Crippen LogP contribution in [0.15, 0.2) is 36.5 Å². The Labute approximate surface area is 146 Å². The molecule has 25 heavy (non-hydrogen) atoms. The molecule has 0 saturated carbocycles. The number of rotatable bonds is 5. The predicted octanol–water partition coefficient (Wildman–Crippen LogP) is 2.56. The zero-order chi connectivity index (χ0) is 17.8. The Morgan fingerprint density at radius 3 is 3.04 bits per heavy atom. The molecule has 0 bridgehead atoms. The molecule has 1 N–H and O–H groups in total. The lowest BCUT2D eigenvalue weighted by molar-refractivity contribution is -0.136. The summed E-state index contributed by atoms with van der Waals surface area (Å²) in [5, 5.41) is 3.87. The number of benzene rings is 1. The molecule has 2 heterocycles. The summed E-state index contributed by atoms with van der Waals surface area (Å²) in [7, 11) is 0. The number of amides is 2. The van der Waals surface area contributed by atoms with Crippen LogP contribution in [0.2, 0.25) is 0 Å². The second-order valence-corrected chi connectivity index (χ2v) is 6.50. The molecule has 2 aromatic rings. The topological polar surface area (TPSA) is 62.3 Å². The van der Waals surface area contributed by atoms with Gasteiger partial charge >= 0.3 is 0 Å². The molecule has 1 fully saturated rings. The maximum Gasteiger partial charge on any atom is 0.251 e. The number of nitrogens with one attached hydrogen (secondary N) is 1. The maximum absolute atomic E-state index is 12.8. The molecule has 5 nitrogen and oxygen atoms in total. The summed E-state index contributed by atoms with van der Waals surface area (Å²) < 4.78 is 12.8. The quantitative estimate of drug-likeness (QED) is 0.907. The summed E-state index contributed by atoms with van der Waals surface area (Å²) in [5.74, 6) is -0.984. The van der Waals surface area contributed by atoms with Crippen molar-refractivity contribution in [2.75, 3.05) is 19.8 Å². The van der Waals surface area contributed by atoms with Crippen molar-refractivity contribution >= 4 is 22.7 Å². The van der Waals surface area contributed by atoms with Crippen LogP contribution in [0.25, 0.3) is 10.9 Å². The van der Waals surface area contributed by atoms with Crippen LogP contribution < -0.4 is 5.32 Å². The minimum atomic E-state index is -0.654. The number of likely N-dealkylation sites (tertiary alicyclic amines) is 1. The van der Waals surface area contributed by atoms with Crippen molar-refractivity contribution in [1.82, 2.24) is 15.2 Å². The minimum absolute atomic E-state index is 0.0657. The lowest BCUT2D eigenvalue weighted by Crippen LogP contribution is -2.45. The summed E-state index contributed by atoms with van der Waals surface area (Å²) in [4.78, 5) is 30.6. The number of alkyl halides is 1. The fourth-order valence-electron chi connectivity index (χ4n) is 3.21. The van der Waals surface area contributed by atoms with Crippen molar-refractivity contribution in [2.24, 2.45) is 5.92 Å². The molecule has 0 spiro atoms. The Morgan fingerprint density at radius 1 is 1.40 bits per heavy atom. The second-order valence-electron chi connectivity index (χ2n) is 6.50. The van der Waals surface area contributed by atoms with Crippen LogP contribution in [0, 0.1) is 5.92 Å².